The van der Waals surface area contributed by atoms with Crippen LogP contribution in [0.1, 0.15) is 47.0 Å². The maximum Gasteiger partial charge on any atom is 0.259 e. The Morgan fingerprint density at radius 1 is 1.26 bits per heavy atom. The van der Waals surface area contributed by atoms with Crippen molar-refractivity contribution in [2.24, 2.45) is 0 Å². The third-order valence-electron chi connectivity index (χ3n) is 5.07. The van der Waals surface area contributed by atoms with Crippen molar-refractivity contribution in [1.82, 2.24) is 9.97 Å². The second kappa shape index (κ2) is 7.45. The van der Waals surface area contributed by atoms with Crippen LogP contribution in [0.5, 0.6) is 0 Å². The number of fused-ring (bicyclic) bond motifs is 3. The van der Waals surface area contributed by atoms with Crippen LogP contribution in [0.15, 0.2) is 35.1 Å². The fraction of sp³-hybridized carbons (Fsp3) is 0.333. The molecule has 0 saturated heterocycles. The van der Waals surface area contributed by atoms with Crippen molar-refractivity contribution >= 4 is 27.3 Å². The molecule has 136 valence electrons. The van der Waals surface area contributed by atoms with Gasteiger partial charge in [0.05, 0.1) is 11.5 Å². The van der Waals surface area contributed by atoms with Gasteiger partial charge in [-0.05, 0) is 43.2 Å². The first-order chi connectivity index (χ1) is 13.2. The van der Waals surface area contributed by atoms with E-state index in [9.17, 15) is 14.9 Å². The smallest absolute Gasteiger partial charge is 0.259 e. The molecule has 0 amide bonds. The molecule has 3 aromatic rings. The van der Waals surface area contributed by atoms with E-state index >= 15 is 0 Å². The van der Waals surface area contributed by atoms with E-state index in [1.807, 2.05) is 36.4 Å². The van der Waals surface area contributed by atoms with Gasteiger partial charge in [-0.3, -0.25) is 9.59 Å². The highest BCUT2D eigenvalue weighted by Gasteiger charge is 2.25. The van der Waals surface area contributed by atoms with Crippen molar-refractivity contribution in [2.45, 2.75) is 44.4 Å². The standard InChI is InChI=1S/C21H19N3O2S/c22-12-15(16(25)11-10-13-6-2-1-3-7-13)19-23-20(26)18-14-8-4-5-9-17(14)27-21(18)24-19/h1-3,6-7,15H,4-5,8-11H2,(H,23,24,26). The van der Waals surface area contributed by atoms with Crippen LogP contribution in [-0.4, -0.2) is 15.8 Å². The van der Waals surface area contributed by atoms with Crippen LogP contribution in [0, 0.1) is 11.3 Å². The number of thiophene rings is 1. The van der Waals surface area contributed by atoms with Gasteiger partial charge in [0.1, 0.15) is 10.7 Å². The number of aromatic nitrogens is 2. The minimum atomic E-state index is -1.04. The second-order valence-electron chi connectivity index (χ2n) is 6.86. The maximum atomic E-state index is 12.6. The van der Waals surface area contributed by atoms with Gasteiger partial charge in [0.15, 0.2) is 11.7 Å². The summed E-state index contributed by atoms with van der Waals surface area (Å²) in [5.41, 5.74) is 1.92. The van der Waals surface area contributed by atoms with Crippen molar-refractivity contribution in [3.63, 3.8) is 0 Å². The van der Waals surface area contributed by atoms with Crippen molar-refractivity contribution in [2.75, 3.05) is 0 Å². The number of carbonyl (C=O) groups is 1. The number of carbonyl (C=O) groups excluding carboxylic acids is 1. The lowest BCUT2D eigenvalue weighted by Crippen LogP contribution is -2.20. The zero-order valence-electron chi connectivity index (χ0n) is 14.8. The van der Waals surface area contributed by atoms with E-state index in [0.29, 0.717) is 16.6 Å². The van der Waals surface area contributed by atoms with Crippen LogP contribution >= 0.6 is 11.3 Å². The fourth-order valence-electron chi connectivity index (χ4n) is 3.66. The summed E-state index contributed by atoms with van der Waals surface area (Å²) in [6.07, 6.45) is 4.89. The van der Waals surface area contributed by atoms with E-state index in [1.54, 1.807) is 0 Å². The molecule has 1 aromatic carbocycles. The number of nitrogens with zero attached hydrogens (tertiary/aromatic N) is 2. The number of aryl methyl sites for hydroxylation is 3. The molecule has 0 bridgehead atoms. The molecule has 0 spiro atoms. The van der Waals surface area contributed by atoms with Crippen LogP contribution in [0.2, 0.25) is 0 Å². The van der Waals surface area contributed by atoms with Crippen molar-refractivity contribution < 1.29 is 4.79 Å². The average Bonchev–Trinajstić information content (AvgIpc) is 3.06. The van der Waals surface area contributed by atoms with Crippen molar-refractivity contribution in [1.29, 1.82) is 5.26 Å². The van der Waals surface area contributed by atoms with Crippen LogP contribution in [0.4, 0.5) is 0 Å². The monoisotopic (exact) mass is 377 g/mol. The van der Waals surface area contributed by atoms with Crippen LogP contribution in [0.3, 0.4) is 0 Å². The van der Waals surface area contributed by atoms with E-state index in [1.165, 1.54) is 16.2 Å². The molecule has 2 heterocycles. The van der Waals surface area contributed by atoms with Gasteiger partial charge in [-0.1, -0.05) is 30.3 Å². The molecule has 5 nitrogen and oxygen atoms in total. The first-order valence-electron chi connectivity index (χ1n) is 9.18. The number of Topliss-reactive ketones (excluding diaryl/α,β-unsaturated/α-hetero) is 1. The molecule has 1 atom stereocenters. The zero-order chi connectivity index (χ0) is 18.8. The summed E-state index contributed by atoms with van der Waals surface area (Å²) >= 11 is 1.53. The van der Waals surface area contributed by atoms with E-state index in [2.05, 4.69) is 9.97 Å². The van der Waals surface area contributed by atoms with Crippen molar-refractivity contribution in [3.8, 4) is 6.07 Å². The Labute approximate surface area is 160 Å². The molecular formula is C21H19N3O2S. The van der Waals surface area contributed by atoms with Crippen molar-refractivity contribution in [3.05, 3.63) is 62.5 Å². The third kappa shape index (κ3) is 3.43. The van der Waals surface area contributed by atoms with Gasteiger partial charge in [0.25, 0.3) is 5.56 Å². The number of hydrogen-bond donors (Lipinski definition) is 1. The molecule has 4 rings (SSSR count). The van der Waals surface area contributed by atoms with Crippen LogP contribution in [0.25, 0.3) is 10.2 Å². The third-order valence-corrected chi connectivity index (χ3v) is 6.26. The molecule has 0 saturated carbocycles. The summed E-state index contributed by atoms with van der Waals surface area (Å²) in [6.45, 7) is 0. The van der Waals surface area contributed by atoms with Gasteiger partial charge in [0.2, 0.25) is 0 Å². The molecule has 0 aliphatic heterocycles. The Kier molecular flexibility index (Phi) is 4.87. The summed E-state index contributed by atoms with van der Waals surface area (Å²) < 4.78 is 0. The molecule has 1 N–H and O–H groups in total. The first-order valence-corrected chi connectivity index (χ1v) is 9.99. The second-order valence-corrected chi connectivity index (χ2v) is 7.94. The molecule has 0 fully saturated rings. The van der Waals surface area contributed by atoms with Crippen LogP contribution < -0.4 is 5.56 Å². The highest BCUT2D eigenvalue weighted by atomic mass is 32.1. The van der Waals surface area contributed by atoms with Gasteiger partial charge >= 0.3 is 0 Å². The van der Waals surface area contributed by atoms with Gasteiger partial charge < -0.3 is 4.98 Å². The Morgan fingerprint density at radius 3 is 2.81 bits per heavy atom. The highest BCUT2D eigenvalue weighted by Crippen LogP contribution is 2.34. The summed E-state index contributed by atoms with van der Waals surface area (Å²) in [5.74, 6) is -1.08. The quantitative estimate of drug-likeness (QED) is 0.735. The number of nitrogens with one attached hydrogen (secondary N) is 1. The molecular weight excluding hydrogens is 358 g/mol. The predicted molar refractivity (Wildman–Crippen MR) is 105 cm³/mol. The van der Waals surface area contributed by atoms with Gasteiger partial charge in [-0.2, -0.15) is 5.26 Å². The Hall–Kier alpha value is -2.78. The molecule has 27 heavy (non-hydrogen) atoms. The number of nitriles is 1. The van der Waals surface area contributed by atoms with E-state index in [-0.39, 0.29) is 23.6 Å². The Bertz CT molecular complexity index is 1090. The summed E-state index contributed by atoms with van der Waals surface area (Å²) in [6, 6.07) is 11.7. The fourth-order valence-corrected chi connectivity index (χ4v) is 4.93. The van der Waals surface area contributed by atoms with E-state index in [0.717, 1.165) is 36.8 Å². The van der Waals surface area contributed by atoms with Gasteiger partial charge in [-0.25, -0.2) is 4.98 Å². The number of ketones is 1. The van der Waals surface area contributed by atoms with Gasteiger partial charge in [0, 0.05) is 11.3 Å². The lowest BCUT2D eigenvalue weighted by Gasteiger charge is -2.10. The normalized spacial score (nSPS) is 14.5. The zero-order valence-corrected chi connectivity index (χ0v) is 15.6. The van der Waals surface area contributed by atoms with Crippen LogP contribution in [-0.2, 0) is 24.1 Å². The molecule has 2 aromatic heterocycles. The average molecular weight is 377 g/mol. The number of benzene rings is 1. The number of H-pyrrole nitrogens is 1. The summed E-state index contributed by atoms with van der Waals surface area (Å²) in [4.78, 5) is 34.3. The number of rotatable bonds is 5. The Morgan fingerprint density at radius 2 is 2.04 bits per heavy atom. The molecule has 6 heteroatoms. The lowest BCUT2D eigenvalue weighted by molar-refractivity contribution is -0.119. The molecule has 1 unspecified atom stereocenters. The first kappa shape index (κ1) is 17.6. The maximum absolute atomic E-state index is 12.6. The van der Waals surface area contributed by atoms with Gasteiger partial charge in [-0.15, -0.1) is 11.3 Å². The molecule has 1 aliphatic carbocycles. The highest BCUT2D eigenvalue weighted by molar-refractivity contribution is 7.18. The molecule has 1 aliphatic rings. The van der Waals surface area contributed by atoms with E-state index < -0.39 is 5.92 Å². The summed E-state index contributed by atoms with van der Waals surface area (Å²) in [7, 11) is 0. The minimum Gasteiger partial charge on any atom is -0.308 e. The predicted octanol–water partition coefficient (Wildman–Crippen LogP) is 3.67. The number of aromatic amines is 1. The SMILES string of the molecule is N#CC(C(=O)CCc1ccccc1)c1nc2sc3c(c2c(=O)[nH]1)CCCC3. The van der Waals surface area contributed by atoms with E-state index in [4.69, 9.17) is 0 Å². The minimum absolute atomic E-state index is 0.173. The molecule has 0 radical (unpaired) electrons. The lowest BCUT2D eigenvalue weighted by atomic mass is 9.96. The largest absolute Gasteiger partial charge is 0.308 e. The number of hydrogen-bond acceptors (Lipinski definition) is 5. The topological polar surface area (TPSA) is 86.6 Å². The Balaban J connectivity index is 1.62. The summed E-state index contributed by atoms with van der Waals surface area (Å²) in [5, 5.41) is 10.2.